The number of sulfonamides is 1. The molecule has 11 nitrogen and oxygen atoms in total. The standard InChI is InChI=1S/C27H33FN5O5S.Li.H2O/c28-20-1-6-24(19(11-20)14-34)38-25-12-29-18-30-26(25)33-16-27(17-33)7-9-32(10-8-27)13-22-3-2-21(15-37-22)31-39(35,36)23-4-5-23;;/h1,6,11-12,18,21-23,31H,2-5,7-10,13,15-17H2;;1H2/q-1;+1;/p-1/t21-,22+;;/m1../s1. The van der Waals surface area contributed by atoms with Crippen LogP contribution < -0.4 is 33.2 Å². The van der Waals surface area contributed by atoms with Crippen LogP contribution >= 0.6 is 0 Å². The largest absolute Gasteiger partial charge is 1.00 e. The molecule has 3 saturated heterocycles. The fraction of sp³-hybridized carbons (Fsp3) is 0.593. The van der Waals surface area contributed by atoms with Gasteiger partial charge in [-0.3, -0.25) is 0 Å². The van der Waals surface area contributed by atoms with E-state index in [1.165, 1.54) is 18.5 Å². The van der Waals surface area contributed by atoms with Crippen LogP contribution in [-0.4, -0.2) is 91.8 Å². The first-order chi connectivity index (χ1) is 18.8. The Hall–Kier alpha value is -2.11. The van der Waals surface area contributed by atoms with Crippen molar-refractivity contribution >= 4 is 22.1 Å². The Morgan fingerprint density at radius 2 is 1.90 bits per heavy atom. The zero-order valence-corrected chi connectivity index (χ0v) is 24.0. The van der Waals surface area contributed by atoms with Gasteiger partial charge in [0, 0.05) is 36.8 Å². The molecule has 1 spiro atoms. The van der Waals surface area contributed by atoms with Gasteiger partial charge in [0.05, 0.1) is 36.3 Å². The van der Waals surface area contributed by atoms with Crippen LogP contribution in [0.2, 0.25) is 0 Å². The normalized spacial score (nSPS) is 24.1. The summed E-state index contributed by atoms with van der Waals surface area (Å²) >= 11 is 0. The molecule has 4 aliphatic rings. The zero-order chi connectivity index (χ0) is 27.0. The molecular formula is C27H34FLiN5O6S-. The Balaban J connectivity index is 0.00000194. The number of ether oxygens (including phenoxy) is 2. The number of piperidine rings is 1. The Kier molecular flexibility index (Phi) is 10.1. The minimum absolute atomic E-state index is 0. The molecule has 0 amide bonds. The van der Waals surface area contributed by atoms with Gasteiger partial charge in [0.15, 0.2) is 11.6 Å². The van der Waals surface area contributed by atoms with Gasteiger partial charge >= 0.3 is 18.9 Å². The van der Waals surface area contributed by atoms with Crippen LogP contribution in [0.5, 0.6) is 11.5 Å². The van der Waals surface area contributed by atoms with E-state index in [1.807, 2.05) is 0 Å². The number of nitrogens with one attached hydrogen (secondary N) is 1. The van der Waals surface area contributed by atoms with Crippen molar-refractivity contribution in [1.82, 2.24) is 19.6 Å². The van der Waals surface area contributed by atoms with Gasteiger partial charge < -0.3 is 29.5 Å². The molecule has 3 aliphatic heterocycles. The van der Waals surface area contributed by atoms with Crippen LogP contribution in [0.1, 0.15) is 44.1 Å². The summed E-state index contributed by atoms with van der Waals surface area (Å²) < 4.78 is 52.7. The maximum atomic E-state index is 13.5. The summed E-state index contributed by atoms with van der Waals surface area (Å²) in [7, 11) is -3.18. The van der Waals surface area contributed by atoms with Gasteiger partial charge in [-0.05, 0) is 57.7 Å². The summed E-state index contributed by atoms with van der Waals surface area (Å²) in [5.41, 5.74) is 0.227. The van der Waals surface area contributed by atoms with Crippen molar-refractivity contribution in [2.75, 3.05) is 44.2 Å². The molecule has 41 heavy (non-hydrogen) atoms. The third-order valence-electron chi connectivity index (χ3n) is 8.33. The molecule has 2 atom stereocenters. The number of hydrogen-bond donors (Lipinski definition) is 1. The third kappa shape index (κ3) is 7.28. The monoisotopic (exact) mass is 582 g/mol. The van der Waals surface area contributed by atoms with Crippen molar-refractivity contribution < 1.29 is 51.4 Å². The molecule has 218 valence electrons. The van der Waals surface area contributed by atoms with Crippen molar-refractivity contribution in [3.63, 3.8) is 0 Å². The van der Waals surface area contributed by atoms with E-state index in [4.69, 9.17) is 9.47 Å². The Bertz CT molecular complexity index is 1310. The molecular weight excluding hydrogens is 548 g/mol. The van der Waals surface area contributed by atoms with E-state index < -0.39 is 15.8 Å². The molecule has 2 aromatic rings. The van der Waals surface area contributed by atoms with E-state index in [2.05, 4.69) is 24.5 Å². The van der Waals surface area contributed by atoms with Crippen molar-refractivity contribution in [1.29, 1.82) is 0 Å². The smallest absolute Gasteiger partial charge is 0.870 e. The first kappa shape index (κ1) is 31.8. The fourth-order valence-electron chi connectivity index (χ4n) is 5.89. The average Bonchev–Trinajstić information content (AvgIpc) is 3.77. The molecule has 0 radical (unpaired) electrons. The fourth-order valence-corrected chi connectivity index (χ4v) is 7.49. The molecule has 4 heterocycles. The van der Waals surface area contributed by atoms with Crippen LogP contribution in [-0.2, 0) is 19.6 Å². The topological polar surface area (TPSA) is 144 Å². The number of hydrogen-bond acceptors (Lipinski definition) is 10. The van der Waals surface area contributed by atoms with E-state index in [9.17, 15) is 17.6 Å². The predicted molar refractivity (Wildman–Crippen MR) is 143 cm³/mol. The Morgan fingerprint density at radius 1 is 1.15 bits per heavy atom. The second-order valence-electron chi connectivity index (χ2n) is 11.3. The maximum absolute atomic E-state index is 13.5. The first-order valence-electron chi connectivity index (χ1n) is 13.6. The summed E-state index contributed by atoms with van der Waals surface area (Å²) in [5.74, 6) is 0.751. The van der Waals surface area contributed by atoms with Gasteiger partial charge in [-0.25, -0.2) is 27.5 Å². The van der Waals surface area contributed by atoms with Crippen LogP contribution in [0.25, 0.3) is 0 Å². The summed E-state index contributed by atoms with van der Waals surface area (Å²) in [6, 6.07) is 3.62. The number of nitrogens with zero attached hydrogens (tertiary/aromatic N) is 4. The number of likely N-dealkylation sites (tertiary alicyclic amines) is 1. The van der Waals surface area contributed by atoms with Gasteiger partial charge in [-0.2, -0.15) is 0 Å². The molecule has 1 aliphatic carbocycles. The van der Waals surface area contributed by atoms with Crippen LogP contribution in [0.15, 0.2) is 30.7 Å². The van der Waals surface area contributed by atoms with Gasteiger partial charge in [-0.1, -0.05) is 6.07 Å². The third-order valence-corrected chi connectivity index (χ3v) is 10.3. The maximum Gasteiger partial charge on any atom is 1.00 e. The number of halogens is 1. The summed E-state index contributed by atoms with van der Waals surface area (Å²) in [5, 5.41) is -0.199. The molecule has 4 fully saturated rings. The molecule has 6 rings (SSSR count). The van der Waals surface area contributed by atoms with Crippen LogP contribution in [0.4, 0.5) is 10.2 Å². The van der Waals surface area contributed by atoms with Crippen LogP contribution in [0.3, 0.4) is 0 Å². The van der Waals surface area contributed by atoms with Crippen LogP contribution in [0, 0.1) is 11.2 Å². The molecule has 1 aromatic heterocycles. The van der Waals surface area contributed by atoms with E-state index in [0.717, 1.165) is 77.3 Å². The van der Waals surface area contributed by atoms with Gasteiger partial charge in [0.1, 0.15) is 6.33 Å². The van der Waals surface area contributed by atoms with Crippen molar-refractivity contribution in [3.05, 3.63) is 42.1 Å². The van der Waals surface area contributed by atoms with Gasteiger partial charge in [0.2, 0.25) is 10.0 Å². The molecule has 2 N–H and O–H groups in total. The average molecular weight is 583 g/mol. The SMILES string of the molecule is O=[C-]c1cc(F)ccc1Oc1cncnc1N1CC2(CCN(C[C@@H]3CC[C@@H](NS(=O)(=O)C4CC4)CO3)CC2)C1.[Li+].[OH-]. The number of carbonyl (C=O) groups excluding carboxylic acids is 1. The number of rotatable bonds is 9. The number of anilines is 1. The van der Waals surface area contributed by atoms with Gasteiger partial charge in [0.25, 0.3) is 0 Å². The molecule has 0 unspecified atom stereocenters. The second-order valence-corrected chi connectivity index (χ2v) is 13.3. The Morgan fingerprint density at radius 3 is 2.56 bits per heavy atom. The minimum atomic E-state index is -3.18. The van der Waals surface area contributed by atoms with Crippen molar-refractivity contribution in [3.8, 4) is 11.5 Å². The molecule has 1 aromatic carbocycles. The van der Waals surface area contributed by atoms with E-state index in [0.29, 0.717) is 18.2 Å². The van der Waals surface area contributed by atoms with Gasteiger partial charge in [-0.15, -0.1) is 11.6 Å². The molecule has 14 heteroatoms. The number of benzene rings is 1. The van der Waals surface area contributed by atoms with E-state index in [1.54, 1.807) is 12.5 Å². The Labute approximate surface area is 251 Å². The first-order valence-corrected chi connectivity index (χ1v) is 15.1. The number of aromatic nitrogens is 2. The molecule has 0 bridgehead atoms. The summed E-state index contributed by atoms with van der Waals surface area (Å²) in [6.45, 7) is 5.01. The zero-order valence-electron chi connectivity index (χ0n) is 23.2. The van der Waals surface area contributed by atoms with Crippen molar-refractivity contribution in [2.45, 2.75) is 55.9 Å². The van der Waals surface area contributed by atoms with Crippen molar-refractivity contribution in [2.24, 2.45) is 5.41 Å². The second kappa shape index (κ2) is 13.0. The minimum Gasteiger partial charge on any atom is -0.870 e. The van der Waals surface area contributed by atoms with E-state index >= 15 is 0 Å². The summed E-state index contributed by atoms with van der Waals surface area (Å²) in [4.78, 5) is 24.4. The quantitative estimate of drug-likeness (QED) is 0.296. The summed E-state index contributed by atoms with van der Waals surface area (Å²) in [6.07, 6.45) is 10.2. The predicted octanol–water partition coefficient (Wildman–Crippen LogP) is -0.775. The molecule has 1 saturated carbocycles. The van der Waals surface area contributed by atoms with E-state index in [-0.39, 0.29) is 58.5 Å².